The van der Waals surface area contributed by atoms with Crippen LogP contribution in [0.15, 0.2) is 30.3 Å². The summed E-state index contributed by atoms with van der Waals surface area (Å²) in [7, 11) is 0. The van der Waals surface area contributed by atoms with Gasteiger partial charge in [0, 0.05) is 31.7 Å². The van der Waals surface area contributed by atoms with Crippen LogP contribution in [0.4, 0.5) is 5.69 Å². The molecule has 0 radical (unpaired) electrons. The maximum Gasteiger partial charge on any atom is 0.244 e. The highest BCUT2D eigenvalue weighted by Gasteiger charge is 2.39. The van der Waals surface area contributed by atoms with Crippen molar-refractivity contribution in [3.63, 3.8) is 0 Å². The predicted molar refractivity (Wildman–Crippen MR) is 93.2 cm³/mol. The van der Waals surface area contributed by atoms with Crippen LogP contribution in [-0.4, -0.2) is 58.3 Å². The second kappa shape index (κ2) is 6.93. The van der Waals surface area contributed by atoms with Gasteiger partial charge in [-0.3, -0.25) is 14.8 Å². The zero-order valence-corrected chi connectivity index (χ0v) is 14.4. The van der Waals surface area contributed by atoms with E-state index in [4.69, 9.17) is 4.74 Å². The van der Waals surface area contributed by atoms with E-state index in [0.29, 0.717) is 19.0 Å². The molecule has 2 fully saturated rings. The van der Waals surface area contributed by atoms with Gasteiger partial charge >= 0.3 is 0 Å². The minimum Gasteiger partial charge on any atom is -0.367 e. The molecule has 1 N–H and O–H groups in total. The van der Waals surface area contributed by atoms with Crippen LogP contribution in [0.1, 0.15) is 31.1 Å². The quantitative estimate of drug-likeness (QED) is 0.913. The highest BCUT2D eigenvalue weighted by molar-refractivity contribution is 5.99. The van der Waals surface area contributed by atoms with Crippen LogP contribution in [0.5, 0.6) is 0 Å². The average molecular weight is 341 g/mol. The van der Waals surface area contributed by atoms with Crippen molar-refractivity contribution < 1.29 is 9.53 Å². The van der Waals surface area contributed by atoms with Gasteiger partial charge in [0.1, 0.15) is 11.9 Å². The fourth-order valence-corrected chi connectivity index (χ4v) is 3.59. The van der Waals surface area contributed by atoms with Crippen molar-refractivity contribution in [3.05, 3.63) is 42.0 Å². The molecule has 7 nitrogen and oxygen atoms in total. The van der Waals surface area contributed by atoms with Crippen molar-refractivity contribution in [2.75, 3.05) is 31.1 Å². The van der Waals surface area contributed by atoms with E-state index in [9.17, 15) is 4.79 Å². The lowest BCUT2D eigenvalue weighted by atomic mass is 10.1. The molecule has 25 heavy (non-hydrogen) atoms. The molecule has 0 bridgehead atoms. The van der Waals surface area contributed by atoms with Crippen molar-refractivity contribution in [2.45, 2.75) is 31.9 Å². The summed E-state index contributed by atoms with van der Waals surface area (Å²) in [6, 6.07) is 9.79. The van der Waals surface area contributed by atoms with Gasteiger partial charge in [-0.25, -0.2) is 4.98 Å². The molecule has 2 saturated heterocycles. The number of para-hydroxylation sites is 1. The molecule has 1 aromatic heterocycles. The molecule has 0 unspecified atom stereocenters. The van der Waals surface area contributed by atoms with Gasteiger partial charge in [-0.15, -0.1) is 0 Å². The average Bonchev–Trinajstić information content (AvgIpc) is 3.29. The number of nitrogens with zero attached hydrogens (tertiary/aromatic N) is 4. The van der Waals surface area contributed by atoms with Crippen LogP contribution in [0, 0.1) is 0 Å². The third kappa shape index (κ3) is 3.17. The lowest BCUT2D eigenvalue weighted by Crippen LogP contribution is -2.48. The molecule has 0 aliphatic carbocycles. The summed E-state index contributed by atoms with van der Waals surface area (Å²) in [5.74, 6) is 1.73. The van der Waals surface area contributed by atoms with Crippen LogP contribution < -0.4 is 4.90 Å². The number of benzene rings is 1. The molecule has 3 heterocycles. The van der Waals surface area contributed by atoms with E-state index in [1.165, 1.54) is 0 Å². The number of carbonyl (C=O) groups is 1. The Kier molecular flexibility index (Phi) is 4.50. The lowest BCUT2D eigenvalue weighted by Gasteiger charge is -2.34. The largest absolute Gasteiger partial charge is 0.367 e. The maximum absolute atomic E-state index is 12.9. The van der Waals surface area contributed by atoms with Gasteiger partial charge < -0.3 is 9.64 Å². The number of nitrogens with one attached hydrogen (secondary N) is 1. The van der Waals surface area contributed by atoms with E-state index < -0.39 is 0 Å². The zero-order valence-electron chi connectivity index (χ0n) is 14.4. The number of hydrogen-bond donors (Lipinski definition) is 1. The maximum atomic E-state index is 12.9. The second-order valence-electron chi connectivity index (χ2n) is 6.48. The first kappa shape index (κ1) is 16.2. The molecule has 0 spiro atoms. The minimum atomic E-state index is -0.177. The number of anilines is 1. The molecule has 1 aromatic carbocycles. The summed E-state index contributed by atoms with van der Waals surface area (Å²) in [6.45, 7) is 4.81. The third-order valence-electron chi connectivity index (χ3n) is 4.96. The molecule has 4 rings (SSSR count). The molecule has 7 heteroatoms. The van der Waals surface area contributed by atoms with Crippen LogP contribution in [0.2, 0.25) is 0 Å². The Hall–Kier alpha value is -2.25. The molecule has 2 aromatic rings. The van der Waals surface area contributed by atoms with Gasteiger partial charge in [0.15, 0.2) is 5.82 Å². The lowest BCUT2D eigenvalue weighted by molar-refractivity contribution is -0.125. The third-order valence-corrected chi connectivity index (χ3v) is 4.96. The molecule has 2 atom stereocenters. The zero-order chi connectivity index (χ0) is 17.2. The normalized spacial score (nSPS) is 24.8. The van der Waals surface area contributed by atoms with E-state index in [1.54, 1.807) is 0 Å². The molecule has 1 amide bonds. The SMILES string of the molecule is CCc1nc([C@H]2CN([C@@H]3CCN(c4ccccc4)C3=O)CCO2)n[nH]1. The number of rotatable bonds is 4. The van der Waals surface area contributed by atoms with E-state index in [0.717, 1.165) is 37.4 Å². The Morgan fingerprint density at radius 1 is 1.28 bits per heavy atom. The van der Waals surface area contributed by atoms with E-state index >= 15 is 0 Å². The monoisotopic (exact) mass is 341 g/mol. The highest BCUT2D eigenvalue weighted by Crippen LogP contribution is 2.28. The summed E-state index contributed by atoms with van der Waals surface area (Å²) in [4.78, 5) is 21.5. The summed E-state index contributed by atoms with van der Waals surface area (Å²) in [6.07, 6.45) is 1.48. The number of hydrogen-bond acceptors (Lipinski definition) is 5. The number of ether oxygens (including phenoxy) is 1. The fourth-order valence-electron chi connectivity index (χ4n) is 3.59. The number of amides is 1. The molecule has 2 aliphatic rings. The fraction of sp³-hybridized carbons (Fsp3) is 0.500. The van der Waals surface area contributed by atoms with Crippen LogP contribution >= 0.6 is 0 Å². The predicted octanol–water partition coefficient (Wildman–Crippen LogP) is 1.55. The first-order valence-corrected chi connectivity index (χ1v) is 8.89. The van der Waals surface area contributed by atoms with Gasteiger partial charge in [0.05, 0.1) is 12.6 Å². The van der Waals surface area contributed by atoms with Crippen molar-refractivity contribution in [1.29, 1.82) is 0 Å². The van der Waals surface area contributed by atoms with Gasteiger partial charge in [0.25, 0.3) is 0 Å². The highest BCUT2D eigenvalue weighted by atomic mass is 16.5. The van der Waals surface area contributed by atoms with Gasteiger partial charge in [-0.1, -0.05) is 25.1 Å². The second-order valence-corrected chi connectivity index (χ2v) is 6.48. The number of H-pyrrole nitrogens is 1. The number of morpholine rings is 1. The first-order chi connectivity index (χ1) is 12.3. The molecular weight excluding hydrogens is 318 g/mol. The Labute approximate surface area is 147 Å². The Morgan fingerprint density at radius 3 is 2.88 bits per heavy atom. The Bertz CT molecular complexity index is 732. The Morgan fingerprint density at radius 2 is 2.12 bits per heavy atom. The van der Waals surface area contributed by atoms with Crippen molar-refractivity contribution in [3.8, 4) is 0 Å². The topological polar surface area (TPSA) is 74.3 Å². The summed E-state index contributed by atoms with van der Waals surface area (Å²) < 4.78 is 5.85. The molecular formula is C18H23N5O2. The van der Waals surface area contributed by atoms with Crippen LogP contribution in [-0.2, 0) is 16.0 Å². The number of aryl methyl sites for hydroxylation is 1. The number of aromatic nitrogens is 3. The van der Waals surface area contributed by atoms with Gasteiger partial charge in [-0.05, 0) is 18.6 Å². The summed E-state index contributed by atoms with van der Waals surface area (Å²) in [5.41, 5.74) is 0.973. The molecule has 0 saturated carbocycles. The first-order valence-electron chi connectivity index (χ1n) is 8.89. The Balaban J connectivity index is 1.46. The van der Waals surface area contributed by atoms with E-state index in [1.807, 2.05) is 42.2 Å². The van der Waals surface area contributed by atoms with Crippen molar-refractivity contribution >= 4 is 11.6 Å². The number of carbonyl (C=O) groups excluding carboxylic acids is 1. The van der Waals surface area contributed by atoms with E-state index in [2.05, 4.69) is 20.1 Å². The smallest absolute Gasteiger partial charge is 0.244 e. The number of aromatic amines is 1. The van der Waals surface area contributed by atoms with Gasteiger partial charge in [-0.2, -0.15) is 5.10 Å². The van der Waals surface area contributed by atoms with Gasteiger partial charge in [0.2, 0.25) is 5.91 Å². The van der Waals surface area contributed by atoms with Crippen molar-refractivity contribution in [1.82, 2.24) is 20.1 Å². The van der Waals surface area contributed by atoms with Crippen molar-refractivity contribution in [2.24, 2.45) is 0 Å². The van der Waals surface area contributed by atoms with Crippen LogP contribution in [0.3, 0.4) is 0 Å². The van der Waals surface area contributed by atoms with E-state index in [-0.39, 0.29) is 18.1 Å². The molecule has 2 aliphatic heterocycles. The summed E-state index contributed by atoms with van der Waals surface area (Å²) >= 11 is 0. The minimum absolute atomic E-state index is 0.0869. The standard InChI is InChI=1S/C18H23N5O2/c1-2-16-19-17(21-20-16)15-12-22(10-11-25-15)14-8-9-23(18(14)24)13-6-4-3-5-7-13/h3-7,14-15H,2,8-12H2,1H3,(H,19,20,21)/t14-,15-/m1/s1. The van der Waals surface area contributed by atoms with Crippen LogP contribution in [0.25, 0.3) is 0 Å². The molecule has 132 valence electrons. The summed E-state index contributed by atoms with van der Waals surface area (Å²) in [5, 5.41) is 7.21.